The van der Waals surface area contributed by atoms with Crippen molar-refractivity contribution in [3.05, 3.63) is 54.9 Å². The zero-order valence-electron chi connectivity index (χ0n) is 12.6. The number of nitrogens with one attached hydrogen (secondary N) is 1. The van der Waals surface area contributed by atoms with Crippen molar-refractivity contribution in [2.75, 3.05) is 6.61 Å². The molecule has 5 nitrogen and oxygen atoms in total. The van der Waals surface area contributed by atoms with Crippen LogP contribution in [0.25, 0.3) is 33.1 Å². The number of benzene rings is 2. The Morgan fingerprint density at radius 1 is 0.957 bits per heavy atom. The van der Waals surface area contributed by atoms with Gasteiger partial charge in [-0.15, -0.1) is 0 Å². The molecule has 1 N–H and O–H groups in total. The molecule has 0 aliphatic carbocycles. The Bertz CT molecular complexity index is 973. The van der Waals surface area contributed by atoms with Gasteiger partial charge in [-0.25, -0.2) is 9.97 Å². The van der Waals surface area contributed by atoms with Gasteiger partial charge in [-0.3, -0.25) is 0 Å². The largest absolute Gasteiger partial charge is 0.322 e. The highest BCUT2D eigenvalue weighted by atomic mass is 17.2. The van der Waals surface area contributed by atoms with Gasteiger partial charge in [0.25, 0.3) is 0 Å². The van der Waals surface area contributed by atoms with Crippen LogP contribution in [0.15, 0.2) is 54.9 Å². The molecule has 0 unspecified atom stereocenters. The molecule has 2 aromatic carbocycles. The second kappa shape index (κ2) is 5.70. The van der Waals surface area contributed by atoms with E-state index < -0.39 is 0 Å². The molecule has 5 heteroatoms. The monoisotopic (exact) mass is 305 g/mol. The van der Waals surface area contributed by atoms with Gasteiger partial charge in [0.1, 0.15) is 6.33 Å². The van der Waals surface area contributed by atoms with E-state index in [1.165, 1.54) is 0 Å². The Morgan fingerprint density at radius 2 is 1.74 bits per heavy atom. The minimum absolute atomic E-state index is 0.458. The second-order valence-corrected chi connectivity index (χ2v) is 5.10. The summed E-state index contributed by atoms with van der Waals surface area (Å²) in [5.74, 6) is 0.553. The van der Waals surface area contributed by atoms with Crippen LogP contribution in [0.3, 0.4) is 0 Å². The molecule has 2 aromatic heterocycles. The van der Waals surface area contributed by atoms with E-state index in [4.69, 9.17) is 9.78 Å². The lowest BCUT2D eigenvalue weighted by Crippen LogP contribution is -1.98. The van der Waals surface area contributed by atoms with Crippen LogP contribution < -0.4 is 4.89 Å². The number of rotatable bonds is 4. The van der Waals surface area contributed by atoms with E-state index >= 15 is 0 Å². The van der Waals surface area contributed by atoms with Crippen molar-refractivity contribution in [2.24, 2.45) is 0 Å². The second-order valence-electron chi connectivity index (χ2n) is 5.10. The first kappa shape index (κ1) is 13.7. The van der Waals surface area contributed by atoms with Gasteiger partial charge in [0, 0.05) is 16.3 Å². The smallest absolute Gasteiger partial charge is 0.245 e. The number of hydrogen-bond acceptors (Lipinski definition) is 4. The van der Waals surface area contributed by atoms with E-state index in [1.54, 1.807) is 6.33 Å². The SMILES string of the molecule is CCOOc1[nH]c2ccccc2c1-c1ncnc2ccccc12. The van der Waals surface area contributed by atoms with Crippen molar-refractivity contribution < 1.29 is 9.78 Å². The molecule has 0 amide bonds. The molecule has 4 rings (SSSR count). The summed E-state index contributed by atoms with van der Waals surface area (Å²) in [5.41, 5.74) is 3.57. The van der Waals surface area contributed by atoms with Crippen molar-refractivity contribution in [3.8, 4) is 17.1 Å². The first-order valence-corrected chi connectivity index (χ1v) is 7.48. The summed E-state index contributed by atoms with van der Waals surface area (Å²) >= 11 is 0. The number of aromatic amines is 1. The molecule has 0 bridgehead atoms. The summed E-state index contributed by atoms with van der Waals surface area (Å²) < 4.78 is 0. The summed E-state index contributed by atoms with van der Waals surface area (Å²) in [6.07, 6.45) is 1.57. The van der Waals surface area contributed by atoms with Gasteiger partial charge in [0.05, 0.1) is 23.4 Å². The van der Waals surface area contributed by atoms with E-state index in [9.17, 15) is 0 Å². The molecule has 2 heterocycles. The standard InChI is InChI=1S/C18H15N3O2/c1-2-22-23-18-16(12-7-3-6-10-15(12)21-18)17-13-8-4-5-9-14(13)19-11-20-17/h3-11,21H,2H2,1H3. The van der Waals surface area contributed by atoms with Crippen LogP contribution in [0.2, 0.25) is 0 Å². The Morgan fingerprint density at radius 3 is 2.61 bits per heavy atom. The summed E-state index contributed by atoms with van der Waals surface area (Å²) in [4.78, 5) is 22.7. The van der Waals surface area contributed by atoms with Crippen molar-refractivity contribution in [3.63, 3.8) is 0 Å². The maximum Gasteiger partial charge on any atom is 0.245 e. The van der Waals surface area contributed by atoms with Crippen LogP contribution in [0.5, 0.6) is 5.88 Å². The summed E-state index contributed by atoms with van der Waals surface area (Å²) in [5, 5.41) is 2.01. The van der Waals surface area contributed by atoms with Gasteiger partial charge in [0.15, 0.2) is 0 Å². The van der Waals surface area contributed by atoms with E-state index in [-0.39, 0.29) is 0 Å². The van der Waals surface area contributed by atoms with Crippen molar-refractivity contribution in [1.82, 2.24) is 15.0 Å². The number of nitrogens with zero attached hydrogens (tertiary/aromatic N) is 2. The summed E-state index contributed by atoms with van der Waals surface area (Å²) in [6.45, 7) is 2.34. The third kappa shape index (κ3) is 2.31. The quantitative estimate of drug-likeness (QED) is 0.455. The molecular weight excluding hydrogens is 290 g/mol. The van der Waals surface area contributed by atoms with Crippen LogP contribution in [-0.2, 0) is 4.89 Å². The van der Waals surface area contributed by atoms with E-state index in [2.05, 4.69) is 15.0 Å². The van der Waals surface area contributed by atoms with E-state index in [0.717, 1.165) is 33.1 Å². The Kier molecular flexibility index (Phi) is 3.40. The molecule has 0 spiro atoms. The third-order valence-electron chi connectivity index (χ3n) is 3.71. The molecule has 0 saturated heterocycles. The number of hydrogen-bond donors (Lipinski definition) is 1. The van der Waals surface area contributed by atoms with Gasteiger partial charge in [-0.2, -0.15) is 4.89 Å². The molecule has 0 radical (unpaired) electrons. The topological polar surface area (TPSA) is 60.0 Å². The average Bonchev–Trinajstić information content (AvgIpc) is 2.97. The Balaban J connectivity index is 2.02. The van der Waals surface area contributed by atoms with Crippen molar-refractivity contribution in [2.45, 2.75) is 6.92 Å². The van der Waals surface area contributed by atoms with Gasteiger partial charge in [0.2, 0.25) is 5.88 Å². The van der Waals surface area contributed by atoms with Gasteiger partial charge >= 0.3 is 0 Å². The molecule has 0 aliphatic heterocycles. The van der Waals surface area contributed by atoms with Crippen LogP contribution >= 0.6 is 0 Å². The van der Waals surface area contributed by atoms with Crippen molar-refractivity contribution >= 4 is 21.8 Å². The Hall–Kier alpha value is -2.92. The Labute approximate surface area is 132 Å². The maximum atomic E-state index is 5.46. The molecule has 4 aromatic rings. The van der Waals surface area contributed by atoms with Crippen LogP contribution in [0, 0.1) is 0 Å². The maximum absolute atomic E-state index is 5.46. The number of para-hydroxylation sites is 2. The average molecular weight is 305 g/mol. The fourth-order valence-corrected chi connectivity index (χ4v) is 2.74. The number of fused-ring (bicyclic) bond motifs is 2. The molecule has 0 fully saturated rings. The van der Waals surface area contributed by atoms with Gasteiger partial charge in [-0.1, -0.05) is 36.4 Å². The number of H-pyrrole nitrogens is 1. The molecule has 23 heavy (non-hydrogen) atoms. The third-order valence-corrected chi connectivity index (χ3v) is 3.71. The molecule has 0 saturated carbocycles. The molecule has 114 valence electrons. The first-order chi connectivity index (χ1) is 11.4. The molecule has 0 atom stereocenters. The minimum atomic E-state index is 0.458. The number of aromatic nitrogens is 3. The lowest BCUT2D eigenvalue weighted by molar-refractivity contribution is -0.204. The fraction of sp³-hybridized carbons (Fsp3) is 0.111. The van der Waals surface area contributed by atoms with Crippen LogP contribution in [0.1, 0.15) is 6.92 Å². The predicted octanol–water partition coefficient (Wildman–Crippen LogP) is 4.11. The zero-order valence-corrected chi connectivity index (χ0v) is 12.6. The van der Waals surface area contributed by atoms with Crippen molar-refractivity contribution in [1.29, 1.82) is 0 Å². The van der Waals surface area contributed by atoms with Gasteiger partial charge in [-0.05, 0) is 19.1 Å². The van der Waals surface area contributed by atoms with E-state index in [1.807, 2.05) is 55.5 Å². The highest BCUT2D eigenvalue weighted by Crippen LogP contribution is 2.38. The minimum Gasteiger partial charge on any atom is -0.322 e. The lowest BCUT2D eigenvalue weighted by atomic mass is 10.1. The highest BCUT2D eigenvalue weighted by molar-refractivity contribution is 6.04. The fourth-order valence-electron chi connectivity index (χ4n) is 2.74. The molecular formula is C18H15N3O2. The predicted molar refractivity (Wildman–Crippen MR) is 89.1 cm³/mol. The first-order valence-electron chi connectivity index (χ1n) is 7.48. The van der Waals surface area contributed by atoms with Crippen LogP contribution in [0.4, 0.5) is 0 Å². The summed E-state index contributed by atoms with van der Waals surface area (Å²) in [6, 6.07) is 15.9. The van der Waals surface area contributed by atoms with E-state index in [0.29, 0.717) is 12.5 Å². The van der Waals surface area contributed by atoms with Crippen LogP contribution in [-0.4, -0.2) is 21.6 Å². The molecule has 0 aliphatic rings. The lowest BCUT2D eigenvalue weighted by Gasteiger charge is -2.07. The zero-order chi connectivity index (χ0) is 15.6. The normalized spacial score (nSPS) is 11.2. The summed E-state index contributed by atoms with van der Waals surface area (Å²) in [7, 11) is 0. The highest BCUT2D eigenvalue weighted by Gasteiger charge is 2.19. The van der Waals surface area contributed by atoms with Gasteiger partial charge < -0.3 is 9.87 Å².